The van der Waals surface area contributed by atoms with Crippen LogP contribution in [0, 0.1) is 12.8 Å². The molecule has 1 amide bonds. The minimum absolute atomic E-state index is 0.0524. The van der Waals surface area contributed by atoms with E-state index in [2.05, 4.69) is 22.4 Å². The van der Waals surface area contributed by atoms with Crippen LogP contribution in [-0.4, -0.2) is 22.1 Å². The molecule has 1 aliphatic rings. The molecule has 1 aliphatic carbocycles. The SMILES string of the molecule is Cc1noc(C(=O)NC2CC2C)n1. The fourth-order valence-electron chi connectivity index (χ4n) is 1.14. The summed E-state index contributed by atoms with van der Waals surface area (Å²) in [4.78, 5) is 15.2. The Morgan fingerprint density at radius 3 is 2.85 bits per heavy atom. The second kappa shape index (κ2) is 2.83. The smallest absolute Gasteiger partial charge is 0.315 e. The Bertz CT molecular complexity index is 334. The molecule has 1 aromatic heterocycles. The molecule has 1 fully saturated rings. The zero-order valence-corrected chi connectivity index (χ0v) is 7.57. The fraction of sp³-hybridized carbons (Fsp3) is 0.625. The van der Waals surface area contributed by atoms with Crippen LogP contribution in [0.2, 0.25) is 0 Å². The topological polar surface area (TPSA) is 68.0 Å². The molecule has 13 heavy (non-hydrogen) atoms. The molecular formula is C8H11N3O2. The average molecular weight is 181 g/mol. The molecule has 2 atom stereocenters. The number of rotatable bonds is 2. The number of carbonyl (C=O) groups excluding carboxylic acids is 1. The predicted molar refractivity (Wildman–Crippen MR) is 44.1 cm³/mol. The molecular weight excluding hydrogens is 170 g/mol. The molecule has 5 heteroatoms. The largest absolute Gasteiger partial charge is 0.345 e. The Morgan fingerprint density at radius 2 is 2.38 bits per heavy atom. The van der Waals surface area contributed by atoms with Crippen molar-refractivity contribution in [3.05, 3.63) is 11.7 Å². The minimum Gasteiger partial charge on any atom is -0.345 e. The fourth-order valence-corrected chi connectivity index (χ4v) is 1.14. The number of aryl methyl sites for hydroxylation is 1. The maximum Gasteiger partial charge on any atom is 0.315 e. The number of hydrogen-bond donors (Lipinski definition) is 1. The van der Waals surface area contributed by atoms with Crippen molar-refractivity contribution in [2.75, 3.05) is 0 Å². The molecule has 0 saturated heterocycles. The minimum atomic E-state index is -0.269. The van der Waals surface area contributed by atoms with Crippen LogP contribution >= 0.6 is 0 Å². The molecule has 2 unspecified atom stereocenters. The van der Waals surface area contributed by atoms with E-state index in [0.717, 1.165) is 6.42 Å². The predicted octanol–water partition coefficient (Wildman–Crippen LogP) is 0.516. The van der Waals surface area contributed by atoms with Gasteiger partial charge in [0.05, 0.1) is 0 Å². The first-order chi connectivity index (χ1) is 6.16. The van der Waals surface area contributed by atoms with E-state index >= 15 is 0 Å². The van der Waals surface area contributed by atoms with E-state index in [4.69, 9.17) is 4.52 Å². The highest BCUT2D eigenvalue weighted by Crippen LogP contribution is 2.29. The van der Waals surface area contributed by atoms with Crippen LogP contribution in [0.5, 0.6) is 0 Å². The van der Waals surface area contributed by atoms with Crippen LogP contribution < -0.4 is 5.32 Å². The summed E-state index contributed by atoms with van der Waals surface area (Å²) < 4.78 is 4.72. The second-order valence-electron chi connectivity index (χ2n) is 3.44. The van der Waals surface area contributed by atoms with Crippen LogP contribution in [0.4, 0.5) is 0 Å². The molecule has 0 spiro atoms. The van der Waals surface area contributed by atoms with Crippen molar-refractivity contribution in [1.29, 1.82) is 0 Å². The van der Waals surface area contributed by atoms with Crippen LogP contribution in [-0.2, 0) is 0 Å². The Balaban J connectivity index is 1.97. The summed E-state index contributed by atoms with van der Waals surface area (Å²) in [5.74, 6) is 0.841. The Kier molecular flexibility index (Phi) is 1.79. The molecule has 5 nitrogen and oxygen atoms in total. The lowest BCUT2D eigenvalue weighted by Gasteiger charge is -1.96. The van der Waals surface area contributed by atoms with Gasteiger partial charge in [-0.2, -0.15) is 4.98 Å². The van der Waals surface area contributed by atoms with E-state index in [0.29, 0.717) is 17.8 Å². The van der Waals surface area contributed by atoms with Gasteiger partial charge in [0.1, 0.15) is 0 Å². The highest BCUT2D eigenvalue weighted by Gasteiger charge is 2.35. The normalized spacial score (nSPS) is 25.7. The lowest BCUT2D eigenvalue weighted by atomic mass is 10.4. The van der Waals surface area contributed by atoms with Gasteiger partial charge in [-0.3, -0.25) is 4.79 Å². The molecule has 0 aliphatic heterocycles. The highest BCUT2D eigenvalue weighted by atomic mass is 16.5. The monoisotopic (exact) mass is 181 g/mol. The lowest BCUT2D eigenvalue weighted by Crippen LogP contribution is -2.26. The molecule has 1 saturated carbocycles. The molecule has 2 rings (SSSR count). The summed E-state index contributed by atoms with van der Waals surface area (Å²) in [7, 11) is 0. The van der Waals surface area contributed by atoms with E-state index in [-0.39, 0.29) is 11.8 Å². The summed E-state index contributed by atoms with van der Waals surface area (Å²) in [6, 6.07) is 0.291. The molecule has 0 radical (unpaired) electrons. The van der Waals surface area contributed by atoms with Gasteiger partial charge in [-0.25, -0.2) is 0 Å². The van der Waals surface area contributed by atoms with Crippen molar-refractivity contribution < 1.29 is 9.32 Å². The van der Waals surface area contributed by atoms with Gasteiger partial charge in [0, 0.05) is 6.04 Å². The number of nitrogens with one attached hydrogen (secondary N) is 1. The first-order valence-electron chi connectivity index (χ1n) is 4.28. The number of hydrogen-bond acceptors (Lipinski definition) is 4. The number of amides is 1. The third kappa shape index (κ3) is 1.68. The second-order valence-corrected chi connectivity index (χ2v) is 3.44. The number of aromatic nitrogens is 2. The van der Waals surface area contributed by atoms with Crippen molar-refractivity contribution >= 4 is 5.91 Å². The Labute approximate surface area is 75.5 Å². The van der Waals surface area contributed by atoms with Crippen molar-refractivity contribution in [1.82, 2.24) is 15.5 Å². The Hall–Kier alpha value is -1.39. The van der Waals surface area contributed by atoms with E-state index in [1.54, 1.807) is 6.92 Å². The van der Waals surface area contributed by atoms with Crippen molar-refractivity contribution in [2.45, 2.75) is 26.3 Å². The molecule has 1 N–H and O–H groups in total. The third-order valence-corrected chi connectivity index (χ3v) is 2.15. The van der Waals surface area contributed by atoms with Crippen LogP contribution in [0.3, 0.4) is 0 Å². The quantitative estimate of drug-likeness (QED) is 0.722. The first-order valence-corrected chi connectivity index (χ1v) is 4.28. The van der Waals surface area contributed by atoms with E-state index in [1.165, 1.54) is 0 Å². The molecule has 0 bridgehead atoms. The van der Waals surface area contributed by atoms with Gasteiger partial charge < -0.3 is 9.84 Å². The van der Waals surface area contributed by atoms with Gasteiger partial charge in [0.15, 0.2) is 5.82 Å². The summed E-state index contributed by atoms with van der Waals surface area (Å²) >= 11 is 0. The van der Waals surface area contributed by atoms with Gasteiger partial charge in [-0.1, -0.05) is 12.1 Å². The Morgan fingerprint density at radius 1 is 1.69 bits per heavy atom. The van der Waals surface area contributed by atoms with Gasteiger partial charge in [0.25, 0.3) is 0 Å². The van der Waals surface area contributed by atoms with Gasteiger partial charge in [-0.05, 0) is 19.3 Å². The van der Waals surface area contributed by atoms with Gasteiger partial charge >= 0.3 is 11.8 Å². The van der Waals surface area contributed by atoms with Crippen molar-refractivity contribution in [2.24, 2.45) is 5.92 Å². The van der Waals surface area contributed by atoms with Crippen molar-refractivity contribution in [3.63, 3.8) is 0 Å². The summed E-state index contributed by atoms with van der Waals surface area (Å²) in [5.41, 5.74) is 0. The molecule has 1 aromatic rings. The standard InChI is InChI=1S/C8H11N3O2/c1-4-3-6(4)10-7(12)8-9-5(2)11-13-8/h4,6H,3H2,1-2H3,(H,10,12). The highest BCUT2D eigenvalue weighted by molar-refractivity contribution is 5.89. The molecule has 1 heterocycles. The summed E-state index contributed by atoms with van der Waals surface area (Å²) in [6.07, 6.45) is 1.04. The van der Waals surface area contributed by atoms with Crippen LogP contribution in [0.15, 0.2) is 4.52 Å². The third-order valence-electron chi connectivity index (χ3n) is 2.15. The average Bonchev–Trinajstić information content (AvgIpc) is 2.62. The van der Waals surface area contributed by atoms with E-state index in [9.17, 15) is 4.79 Å². The number of carbonyl (C=O) groups is 1. The van der Waals surface area contributed by atoms with Gasteiger partial charge in [-0.15, -0.1) is 0 Å². The zero-order valence-electron chi connectivity index (χ0n) is 7.57. The molecule has 0 aromatic carbocycles. The van der Waals surface area contributed by atoms with Crippen molar-refractivity contribution in [3.8, 4) is 0 Å². The van der Waals surface area contributed by atoms with E-state index in [1.807, 2.05) is 0 Å². The summed E-state index contributed by atoms with van der Waals surface area (Å²) in [6.45, 7) is 3.77. The van der Waals surface area contributed by atoms with E-state index < -0.39 is 0 Å². The number of nitrogens with zero attached hydrogens (tertiary/aromatic N) is 2. The van der Waals surface area contributed by atoms with Crippen LogP contribution in [0.1, 0.15) is 29.9 Å². The summed E-state index contributed by atoms with van der Waals surface area (Å²) in [5, 5.41) is 6.34. The lowest BCUT2D eigenvalue weighted by molar-refractivity contribution is 0.0905. The first kappa shape index (κ1) is 8.22. The van der Waals surface area contributed by atoms with Gasteiger partial charge in [0.2, 0.25) is 0 Å². The van der Waals surface area contributed by atoms with Crippen LogP contribution in [0.25, 0.3) is 0 Å². The maximum absolute atomic E-state index is 11.3. The molecule has 70 valence electrons. The maximum atomic E-state index is 11.3. The zero-order chi connectivity index (χ0) is 9.42.